The Bertz CT molecular complexity index is 281. The molecule has 82 valence electrons. The first-order chi connectivity index (χ1) is 6.53. The van der Waals surface area contributed by atoms with Crippen molar-refractivity contribution in [1.29, 1.82) is 0 Å². The van der Waals surface area contributed by atoms with Crippen molar-refractivity contribution >= 4 is 7.60 Å². The zero-order valence-electron chi connectivity index (χ0n) is 9.03. The molecule has 0 radical (unpaired) electrons. The number of hydrogen-bond donors (Lipinski definition) is 1. The molecule has 0 aliphatic heterocycles. The van der Waals surface area contributed by atoms with Gasteiger partial charge in [0.15, 0.2) is 0 Å². The Hall–Kier alpha value is -0.370. The molecule has 14 heavy (non-hydrogen) atoms. The third-order valence-corrected chi connectivity index (χ3v) is 3.72. The van der Waals surface area contributed by atoms with Crippen LogP contribution in [0.1, 0.15) is 20.3 Å². The van der Waals surface area contributed by atoms with Gasteiger partial charge in [-0.15, -0.1) is 5.73 Å². The fraction of sp³-hybridized carbons (Fsp3) is 0.667. The largest absolute Gasteiger partial charge is 0.391 e. The van der Waals surface area contributed by atoms with Gasteiger partial charge in [0.25, 0.3) is 0 Å². The molecule has 0 saturated heterocycles. The van der Waals surface area contributed by atoms with Crippen LogP contribution in [0.3, 0.4) is 0 Å². The molecule has 0 unspecified atom stereocenters. The van der Waals surface area contributed by atoms with E-state index in [-0.39, 0.29) is 11.9 Å². The second kappa shape index (κ2) is 6.18. The van der Waals surface area contributed by atoms with Gasteiger partial charge in [-0.1, -0.05) is 6.92 Å². The van der Waals surface area contributed by atoms with Crippen molar-refractivity contribution in [3.05, 3.63) is 16.6 Å². The van der Waals surface area contributed by atoms with E-state index in [4.69, 9.17) is 14.2 Å². The maximum atomic E-state index is 11.8. The minimum Gasteiger partial charge on any atom is -0.391 e. The van der Waals surface area contributed by atoms with Gasteiger partial charge in [-0.25, -0.2) is 0 Å². The Morgan fingerprint density at radius 1 is 1.43 bits per heavy atom. The summed E-state index contributed by atoms with van der Waals surface area (Å²) >= 11 is 0. The van der Waals surface area contributed by atoms with Crippen molar-refractivity contribution < 1.29 is 18.7 Å². The molecule has 1 N–H and O–H groups in total. The van der Waals surface area contributed by atoms with Crippen molar-refractivity contribution in [3.8, 4) is 0 Å². The summed E-state index contributed by atoms with van der Waals surface area (Å²) in [7, 11) is -0.762. The van der Waals surface area contributed by atoms with E-state index in [1.807, 2.05) is 13.8 Å². The Kier molecular flexibility index (Phi) is 6.01. The van der Waals surface area contributed by atoms with Crippen LogP contribution >= 0.6 is 7.60 Å². The van der Waals surface area contributed by atoms with Crippen molar-refractivity contribution in [2.24, 2.45) is 0 Å². The first-order valence-corrected chi connectivity index (χ1v) is 5.86. The summed E-state index contributed by atoms with van der Waals surface area (Å²) in [6.45, 7) is 3.41. The summed E-state index contributed by atoms with van der Waals surface area (Å²) in [5, 5.41) is 9.19. The highest BCUT2D eigenvalue weighted by atomic mass is 31.2. The standard InChI is InChI=1S/C9H17O4P/c1-5-8(2)6-9(7-10)14(11,12-3)13-4/h10H,5,7H2,1-4H3. The van der Waals surface area contributed by atoms with Crippen LogP contribution in [0.4, 0.5) is 0 Å². The fourth-order valence-corrected chi connectivity index (χ4v) is 1.92. The molecule has 0 aliphatic carbocycles. The van der Waals surface area contributed by atoms with Gasteiger partial charge in [-0.05, 0) is 18.9 Å². The first-order valence-electron chi connectivity index (χ1n) is 4.32. The quantitative estimate of drug-likeness (QED) is 0.570. The van der Waals surface area contributed by atoms with E-state index >= 15 is 0 Å². The zero-order chi connectivity index (χ0) is 11.2. The van der Waals surface area contributed by atoms with Crippen molar-refractivity contribution in [1.82, 2.24) is 0 Å². The molecule has 0 saturated carbocycles. The maximum Gasteiger partial charge on any atom is 0.366 e. The topological polar surface area (TPSA) is 55.8 Å². The normalized spacial score (nSPS) is 10.9. The van der Waals surface area contributed by atoms with E-state index in [2.05, 4.69) is 5.73 Å². The first kappa shape index (κ1) is 13.6. The Labute approximate surface area is 84.8 Å². The molecule has 4 nitrogen and oxygen atoms in total. The predicted molar refractivity (Wildman–Crippen MR) is 55.2 cm³/mol. The maximum absolute atomic E-state index is 11.8. The molecule has 0 aromatic carbocycles. The number of hydrogen-bond acceptors (Lipinski definition) is 4. The second-order valence-corrected chi connectivity index (χ2v) is 4.99. The lowest BCUT2D eigenvalue weighted by Gasteiger charge is -2.13. The molecule has 0 heterocycles. The lowest BCUT2D eigenvalue weighted by molar-refractivity contribution is 0.270. The predicted octanol–water partition coefficient (Wildman–Crippen LogP) is 2.30. The van der Waals surface area contributed by atoms with Crippen molar-refractivity contribution in [2.45, 2.75) is 20.3 Å². The summed E-state index contributed by atoms with van der Waals surface area (Å²) in [6, 6.07) is 0. The molecular formula is C9H17O4P. The Morgan fingerprint density at radius 3 is 2.21 bits per heavy atom. The molecule has 0 bridgehead atoms. The van der Waals surface area contributed by atoms with E-state index in [0.717, 1.165) is 12.0 Å². The average Bonchev–Trinajstić information content (AvgIpc) is 2.24. The van der Waals surface area contributed by atoms with Gasteiger partial charge in [0.1, 0.15) is 5.31 Å². The van der Waals surface area contributed by atoms with Gasteiger partial charge in [0, 0.05) is 14.2 Å². The molecule has 0 spiro atoms. The summed E-state index contributed by atoms with van der Waals surface area (Å²) in [6.07, 6.45) is 0.775. The lowest BCUT2D eigenvalue weighted by atomic mass is 10.2. The third-order valence-electron chi connectivity index (χ3n) is 1.85. The average molecular weight is 220 g/mol. The Morgan fingerprint density at radius 2 is 1.93 bits per heavy atom. The fourth-order valence-electron chi connectivity index (χ4n) is 0.824. The molecule has 0 atom stereocenters. The molecular weight excluding hydrogens is 203 g/mol. The minimum atomic E-state index is -3.32. The van der Waals surface area contributed by atoms with Crippen molar-refractivity contribution in [2.75, 3.05) is 20.8 Å². The summed E-state index contributed by atoms with van der Waals surface area (Å²) in [5.74, 6) is 0. The lowest BCUT2D eigenvalue weighted by Crippen LogP contribution is -1.96. The van der Waals surface area contributed by atoms with Gasteiger partial charge in [0.05, 0.1) is 6.61 Å². The van der Waals surface area contributed by atoms with Crippen LogP contribution < -0.4 is 0 Å². The molecule has 0 rings (SSSR count). The van der Waals surface area contributed by atoms with Gasteiger partial charge in [0.2, 0.25) is 0 Å². The monoisotopic (exact) mass is 220 g/mol. The zero-order valence-corrected chi connectivity index (χ0v) is 9.93. The van der Waals surface area contributed by atoms with E-state index in [1.54, 1.807) is 0 Å². The van der Waals surface area contributed by atoms with Crippen LogP contribution in [0.15, 0.2) is 16.6 Å². The molecule has 0 aromatic rings. The van der Waals surface area contributed by atoms with E-state index in [0.29, 0.717) is 0 Å². The van der Waals surface area contributed by atoms with Crippen LogP contribution in [0.2, 0.25) is 0 Å². The van der Waals surface area contributed by atoms with Gasteiger partial charge < -0.3 is 14.2 Å². The molecule has 0 aliphatic rings. The van der Waals surface area contributed by atoms with Gasteiger partial charge in [-0.2, -0.15) is 0 Å². The highest BCUT2D eigenvalue weighted by Gasteiger charge is 2.26. The van der Waals surface area contributed by atoms with Crippen LogP contribution in [0.5, 0.6) is 0 Å². The van der Waals surface area contributed by atoms with E-state index in [1.165, 1.54) is 14.2 Å². The van der Waals surface area contributed by atoms with E-state index < -0.39 is 7.60 Å². The molecule has 0 aromatic heterocycles. The molecule has 5 heteroatoms. The Balaban J connectivity index is 5.28. The SMILES string of the molecule is CCC(C)=C=C(CO)P(=O)(OC)OC. The van der Waals surface area contributed by atoms with Crippen molar-refractivity contribution in [3.63, 3.8) is 0 Å². The molecule has 0 fully saturated rings. The highest BCUT2D eigenvalue weighted by molar-refractivity contribution is 7.58. The number of aliphatic hydroxyl groups is 1. The number of rotatable bonds is 5. The van der Waals surface area contributed by atoms with Crippen LogP contribution in [0.25, 0.3) is 0 Å². The smallest absolute Gasteiger partial charge is 0.366 e. The van der Waals surface area contributed by atoms with Gasteiger partial charge in [-0.3, -0.25) is 4.57 Å². The summed E-state index contributed by atoms with van der Waals surface area (Å²) in [4.78, 5) is 0. The van der Waals surface area contributed by atoms with Crippen LogP contribution in [0, 0.1) is 0 Å². The van der Waals surface area contributed by atoms with Gasteiger partial charge >= 0.3 is 7.60 Å². The van der Waals surface area contributed by atoms with Crippen LogP contribution in [-0.4, -0.2) is 25.9 Å². The second-order valence-electron chi connectivity index (χ2n) is 2.73. The summed E-state index contributed by atoms with van der Waals surface area (Å²) < 4.78 is 21.3. The molecule has 0 amide bonds. The highest BCUT2D eigenvalue weighted by Crippen LogP contribution is 2.53. The summed E-state index contributed by atoms with van der Waals surface area (Å²) in [5.41, 5.74) is 3.72. The minimum absolute atomic E-state index is 0.168. The van der Waals surface area contributed by atoms with E-state index in [9.17, 15) is 4.57 Å². The number of aliphatic hydroxyl groups excluding tert-OH is 1. The van der Waals surface area contributed by atoms with Crippen LogP contribution in [-0.2, 0) is 13.6 Å². The third kappa shape index (κ3) is 3.41.